The molecule has 0 aromatic heterocycles. The molecule has 1 rings (SSSR count). The minimum atomic E-state index is 0.943. The molecule has 0 saturated carbocycles. The zero-order valence-corrected chi connectivity index (χ0v) is 15.6. The van der Waals surface area contributed by atoms with E-state index in [1.54, 1.807) is 0 Å². The van der Waals surface area contributed by atoms with Gasteiger partial charge in [-0.25, -0.2) is 0 Å². The number of nitrogens with one attached hydrogen (secondary N) is 1. The van der Waals surface area contributed by atoms with E-state index in [2.05, 4.69) is 29.4 Å². The topological polar surface area (TPSA) is 24.4 Å². The van der Waals surface area contributed by atoms with E-state index in [0.29, 0.717) is 0 Å². The Morgan fingerprint density at radius 1 is 0.783 bits per heavy atom. The van der Waals surface area contributed by atoms with E-state index in [-0.39, 0.29) is 0 Å². The Kier molecular flexibility index (Phi) is 14.2. The van der Waals surface area contributed by atoms with Crippen LogP contribution in [0.25, 0.3) is 0 Å². The van der Waals surface area contributed by atoms with Gasteiger partial charge in [0.1, 0.15) is 5.84 Å². The zero-order chi connectivity index (χ0) is 16.4. The fourth-order valence-electron chi connectivity index (χ4n) is 3.18. The van der Waals surface area contributed by atoms with Crippen molar-refractivity contribution in [2.75, 3.05) is 13.1 Å². The lowest BCUT2D eigenvalue weighted by molar-refractivity contribution is 0.536. The third kappa shape index (κ3) is 13.4. The predicted molar refractivity (Wildman–Crippen MR) is 104 cm³/mol. The van der Waals surface area contributed by atoms with Crippen molar-refractivity contribution in [3.05, 3.63) is 12.2 Å². The van der Waals surface area contributed by atoms with Gasteiger partial charge >= 0.3 is 0 Å². The van der Waals surface area contributed by atoms with Crippen molar-refractivity contribution in [3.8, 4) is 0 Å². The van der Waals surface area contributed by atoms with Crippen LogP contribution in [0.3, 0.4) is 0 Å². The highest BCUT2D eigenvalue weighted by atomic mass is 15.1. The van der Waals surface area contributed by atoms with Crippen LogP contribution < -0.4 is 5.32 Å². The number of nitrogens with zero attached hydrogens (tertiary/aromatic N) is 1. The van der Waals surface area contributed by atoms with Gasteiger partial charge in [-0.3, -0.25) is 4.99 Å². The van der Waals surface area contributed by atoms with Gasteiger partial charge in [0.15, 0.2) is 0 Å². The SMILES string of the molecule is CCCCCCCCCCCCCCCCC=CC1=NCCN1. The smallest absolute Gasteiger partial charge is 0.120 e. The van der Waals surface area contributed by atoms with Gasteiger partial charge in [-0.05, 0) is 18.9 Å². The van der Waals surface area contributed by atoms with Gasteiger partial charge < -0.3 is 5.32 Å². The van der Waals surface area contributed by atoms with E-state index in [0.717, 1.165) is 18.9 Å². The van der Waals surface area contributed by atoms with E-state index in [1.165, 1.54) is 96.3 Å². The summed E-state index contributed by atoms with van der Waals surface area (Å²) in [6, 6.07) is 0. The Bertz CT molecular complexity index is 307. The summed E-state index contributed by atoms with van der Waals surface area (Å²) in [7, 11) is 0. The van der Waals surface area contributed by atoms with Gasteiger partial charge in [0.25, 0.3) is 0 Å². The second-order valence-electron chi connectivity index (χ2n) is 6.98. The Morgan fingerprint density at radius 3 is 1.78 bits per heavy atom. The average Bonchev–Trinajstić information content (AvgIpc) is 3.08. The van der Waals surface area contributed by atoms with Gasteiger partial charge in [-0.15, -0.1) is 0 Å². The van der Waals surface area contributed by atoms with E-state index in [4.69, 9.17) is 0 Å². The van der Waals surface area contributed by atoms with E-state index in [9.17, 15) is 0 Å². The first kappa shape index (κ1) is 20.3. The van der Waals surface area contributed by atoms with Crippen LogP contribution in [-0.2, 0) is 0 Å². The summed E-state index contributed by atoms with van der Waals surface area (Å²) in [5.74, 6) is 1.08. The van der Waals surface area contributed by atoms with Gasteiger partial charge in [-0.1, -0.05) is 96.5 Å². The molecule has 0 fully saturated rings. The number of hydrogen-bond donors (Lipinski definition) is 1. The fraction of sp³-hybridized carbons (Fsp3) is 0.857. The first-order valence-electron chi connectivity index (χ1n) is 10.4. The highest BCUT2D eigenvalue weighted by Gasteiger charge is 1.98. The largest absolute Gasteiger partial charge is 0.369 e. The minimum Gasteiger partial charge on any atom is -0.369 e. The first-order valence-corrected chi connectivity index (χ1v) is 10.4. The number of aliphatic imine (C=N–C) groups is 1. The molecule has 0 unspecified atom stereocenters. The maximum absolute atomic E-state index is 4.36. The molecular weight excluding hydrogens is 280 g/mol. The third-order valence-electron chi connectivity index (χ3n) is 4.70. The highest BCUT2D eigenvalue weighted by Crippen LogP contribution is 2.13. The Morgan fingerprint density at radius 2 is 1.30 bits per heavy atom. The maximum atomic E-state index is 4.36. The Hall–Kier alpha value is -0.790. The van der Waals surface area contributed by atoms with E-state index >= 15 is 0 Å². The predicted octanol–water partition coefficient (Wildman–Crippen LogP) is 6.42. The molecule has 23 heavy (non-hydrogen) atoms. The molecule has 134 valence electrons. The molecule has 2 nitrogen and oxygen atoms in total. The maximum Gasteiger partial charge on any atom is 0.120 e. The summed E-state index contributed by atoms with van der Waals surface area (Å²) in [6.07, 6.45) is 25.7. The van der Waals surface area contributed by atoms with Crippen molar-refractivity contribution in [2.45, 2.75) is 103 Å². The molecule has 0 bridgehead atoms. The van der Waals surface area contributed by atoms with Gasteiger partial charge in [0, 0.05) is 6.54 Å². The zero-order valence-electron chi connectivity index (χ0n) is 15.6. The molecule has 0 radical (unpaired) electrons. The molecule has 0 atom stereocenters. The van der Waals surface area contributed by atoms with Crippen LogP contribution in [0.15, 0.2) is 17.1 Å². The molecule has 1 heterocycles. The van der Waals surface area contributed by atoms with Crippen molar-refractivity contribution < 1.29 is 0 Å². The summed E-state index contributed by atoms with van der Waals surface area (Å²) < 4.78 is 0. The van der Waals surface area contributed by atoms with Crippen molar-refractivity contribution in [3.63, 3.8) is 0 Å². The van der Waals surface area contributed by atoms with Gasteiger partial charge in [0.2, 0.25) is 0 Å². The number of rotatable bonds is 16. The number of hydrogen-bond acceptors (Lipinski definition) is 2. The van der Waals surface area contributed by atoms with Crippen LogP contribution in [0.2, 0.25) is 0 Å². The lowest BCUT2D eigenvalue weighted by atomic mass is 10.0. The van der Waals surface area contributed by atoms with Crippen molar-refractivity contribution in [1.82, 2.24) is 5.32 Å². The lowest BCUT2D eigenvalue weighted by Crippen LogP contribution is -2.15. The second kappa shape index (κ2) is 16.1. The van der Waals surface area contributed by atoms with Crippen LogP contribution in [0.1, 0.15) is 103 Å². The third-order valence-corrected chi connectivity index (χ3v) is 4.70. The standard InChI is InChI=1S/C21H40N2/c1-2-3-4-5-6-7-8-9-10-11-12-13-14-15-16-17-18-21-22-19-20-23-21/h17-18H,2-16,19-20H2,1H3,(H,22,23). The molecule has 1 N–H and O–H groups in total. The molecule has 0 amide bonds. The van der Waals surface area contributed by atoms with Crippen LogP contribution in [0.5, 0.6) is 0 Å². The average molecular weight is 321 g/mol. The normalized spacial score (nSPS) is 14.4. The summed E-state index contributed by atoms with van der Waals surface area (Å²) in [4.78, 5) is 4.36. The summed E-state index contributed by atoms with van der Waals surface area (Å²) in [6.45, 7) is 4.25. The highest BCUT2D eigenvalue weighted by molar-refractivity contribution is 5.93. The molecular formula is C21H40N2. The van der Waals surface area contributed by atoms with E-state index in [1.807, 2.05) is 0 Å². The molecule has 0 aromatic rings. The van der Waals surface area contributed by atoms with E-state index < -0.39 is 0 Å². The van der Waals surface area contributed by atoms with Crippen molar-refractivity contribution in [1.29, 1.82) is 0 Å². The molecule has 0 aromatic carbocycles. The van der Waals surface area contributed by atoms with Gasteiger partial charge in [0.05, 0.1) is 6.54 Å². The number of amidine groups is 1. The minimum absolute atomic E-state index is 0.943. The first-order chi connectivity index (χ1) is 11.4. The molecule has 0 aliphatic carbocycles. The van der Waals surface area contributed by atoms with Crippen molar-refractivity contribution in [2.24, 2.45) is 4.99 Å². The van der Waals surface area contributed by atoms with Crippen LogP contribution in [-0.4, -0.2) is 18.9 Å². The number of allylic oxidation sites excluding steroid dienone is 1. The molecule has 0 spiro atoms. The summed E-state index contributed by atoms with van der Waals surface area (Å²) >= 11 is 0. The van der Waals surface area contributed by atoms with Crippen LogP contribution in [0.4, 0.5) is 0 Å². The Labute approximate surface area is 145 Å². The Balaban J connectivity index is 1.70. The lowest BCUT2D eigenvalue weighted by Gasteiger charge is -2.02. The molecule has 2 heteroatoms. The molecule has 0 saturated heterocycles. The van der Waals surface area contributed by atoms with Crippen LogP contribution >= 0.6 is 0 Å². The number of unbranched alkanes of at least 4 members (excludes halogenated alkanes) is 14. The molecule has 1 aliphatic rings. The summed E-state index contributed by atoms with van der Waals surface area (Å²) in [5.41, 5.74) is 0. The monoisotopic (exact) mass is 320 g/mol. The van der Waals surface area contributed by atoms with Gasteiger partial charge in [-0.2, -0.15) is 0 Å². The van der Waals surface area contributed by atoms with Crippen LogP contribution in [0, 0.1) is 0 Å². The molecule has 1 aliphatic heterocycles. The van der Waals surface area contributed by atoms with Crippen molar-refractivity contribution >= 4 is 5.84 Å². The summed E-state index contributed by atoms with van der Waals surface area (Å²) in [5, 5.41) is 3.27. The quantitative estimate of drug-likeness (QED) is 0.326. The second-order valence-corrected chi connectivity index (χ2v) is 6.98. The fourth-order valence-corrected chi connectivity index (χ4v) is 3.18.